The Morgan fingerprint density at radius 2 is 1.24 bits per heavy atom. The Morgan fingerprint density at radius 1 is 0.738 bits per heavy atom. The van der Waals surface area contributed by atoms with E-state index in [0.717, 1.165) is 12.8 Å². The lowest BCUT2D eigenvalue weighted by molar-refractivity contribution is -0.671. The first-order chi connectivity index (χ1) is 20.2. The van der Waals surface area contributed by atoms with Gasteiger partial charge in [0.25, 0.3) is 0 Å². The number of unbranched alkanes of at least 4 members (excludes halogenated alkanes) is 1. The molecule has 2 N–H and O–H groups in total. The van der Waals surface area contributed by atoms with Crippen LogP contribution < -0.4 is 19.8 Å². The first-order valence-electron chi connectivity index (χ1n) is 13.9. The van der Waals surface area contributed by atoms with Crippen LogP contribution in [-0.2, 0) is 70.3 Å². The highest BCUT2D eigenvalue weighted by Gasteiger charge is 2.15. The molecule has 1 atom stereocenters. The van der Waals surface area contributed by atoms with Crippen LogP contribution >= 0.6 is 0 Å². The van der Waals surface area contributed by atoms with Gasteiger partial charge in [0, 0.05) is 6.61 Å². The van der Waals surface area contributed by atoms with Crippen LogP contribution in [0.15, 0.2) is 37.4 Å². The van der Waals surface area contributed by atoms with E-state index in [1.54, 1.807) is 34.2 Å². The third-order valence-corrected chi connectivity index (χ3v) is 5.62. The fourth-order valence-corrected chi connectivity index (χ4v) is 3.44. The van der Waals surface area contributed by atoms with E-state index in [0.29, 0.717) is 6.61 Å². The van der Waals surface area contributed by atoms with Crippen molar-refractivity contribution in [3.05, 3.63) is 37.4 Å². The lowest BCUT2D eigenvalue weighted by Crippen LogP contribution is -2.31. The maximum Gasteiger partial charge on any atom is 0.315 e. The molecule has 0 aliphatic carbocycles. The summed E-state index contributed by atoms with van der Waals surface area (Å²) in [4.78, 5) is 47.7. The maximum atomic E-state index is 12.0. The van der Waals surface area contributed by atoms with Gasteiger partial charge in [-0.15, -0.1) is 0 Å². The maximum absolute atomic E-state index is 12.0. The summed E-state index contributed by atoms with van der Waals surface area (Å²) >= 11 is 0. The number of imidazole rings is 2. The smallest absolute Gasteiger partial charge is 0.315 e. The molecule has 0 aliphatic heterocycles. The van der Waals surface area contributed by atoms with Crippen LogP contribution in [0.5, 0.6) is 0 Å². The molecule has 2 rings (SSSR count). The van der Waals surface area contributed by atoms with Crippen LogP contribution in [0.2, 0.25) is 0 Å². The zero-order valence-electron chi connectivity index (χ0n) is 24.7. The third kappa shape index (κ3) is 15.8. The Kier molecular flexibility index (Phi) is 16.5. The number of nitrogens with one attached hydrogen (secondary N) is 2. The van der Waals surface area contributed by atoms with E-state index < -0.39 is 42.7 Å². The molecule has 0 radical (unpaired) electrons. The summed E-state index contributed by atoms with van der Waals surface area (Å²) in [5, 5.41) is 5.28. The Labute approximate surface area is 245 Å². The molecule has 2 amide bonds. The minimum Gasteiger partial charge on any atom is -0.463 e. The summed E-state index contributed by atoms with van der Waals surface area (Å²) in [6, 6.07) is 0. The first-order valence-corrected chi connectivity index (χ1v) is 13.9. The van der Waals surface area contributed by atoms with Crippen LogP contribution in [0, 0.1) is 0 Å². The second-order valence-electron chi connectivity index (χ2n) is 9.49. The van der Waals surface area contributed by atoms with Crippen molar-refractivity contribution >= 4 is 23.8 Å². The molecule has 0 saturated carbocycles. The van der Waals surface area contributed by atoms with Crippen molar-refractivity contribution in [1.82, 2.24) is 19.8 Å². The summed E-state index contributed by atoms with van der Waals surface area (Å²) in [5.74, 6) is -2.20. The number of rotatable bonds is 22. The normalized spacial score (nSPS) is 11.6. The van der Waals surface area contributed by atoms with Gasteiger partial charge in [0.2, 0.25) is 24.5 Å². The molecule has 2 aromatic heterocycles. The molecular weight excluding hydrogens is 552 g/mol. The average Bonchev–Trinajstić information content (AvgIpc) is 3.57. The molecule has 2 aromatic rings. The second kappa shape index (κ2) is 20.1. The minimum absolute atomic E-state index is 0.0224. The molecule has 2 heterocycles. The summed E-state index contributed by atoms with van der Waals surface area (Å²) in [6.07, 6.45) is 11.5. The van der Waals surface area contributed by atoms with Crippen LogP contribution in [0.1, 0.15) is 32.6 Å². The van der Waals surface area contributed by atoms with E-state index in [-0.39, 0.29) is 53.0 Å². The van der Waals surface area contributed by atoms with Gasteiger partial charge in [0.05, 0.1) is 40.5 Å². The number of hydrogen-bond donors (Lipinski definition) is 2. The topological polar surface area (TPSA) is 156 Å². The second-order valence-corrected chi connectivity index (χ2v) is 9.49. The highest BCUT2D eigenvalue weighted by molar-refractivity contribution is 5.94. The molecule has 15 heteroatoms. The number of ether oxygens (including phenoxy) is 5. The van der Waals surface area contributed by atoms with Crippen molar-refractivity contribution in [3.63, 3.8) is 0 Å². The number of aryl methyl sites for hydroxylation is 2. The number of aromatic nitrogens is 4. The van der Waals surface area contributed by atoms with Crippen molar-refractivity contribution in [1.29, 1.82) is 0 Å². The van der Waals surface area contributed by atoms with E-state index in [1.165, 1.54) is 0 Å². The zero-order valence-corrected chi connectivity index (χ0v) is 24.7. The highest BCUT2D eigenvalue weighted by atomic mass is 16.6. The fourth-order valence-electron chi connectivity index (χ4n) is 3.44. The number of carbonyl (C=O) groups excluding carboxylic acids is 4. The predicted octanol–water partition coefficient (Wildman–Crippen LogP) is -1.13. The zero-order chi connectivity index (χ0) is 30.6. The molecule has 0 saturated heterocycles. The molecule has 0 fully saturated rings. The van der Waals surface area contributed by atoms with Crippen molar-refractivity contribution in [2.45, 2.75) is 52.0 Å². The Balaban J connectivity index is 1.57. The van der Waals surface area contributed by atoms with Gasteiger partial charge in [0.1, 0.15) is 56.9 Å². The molecule has 0 spiro atoms. The van der Waals surface area contributed by atoms with Crippen LogP contribution in [0.25, 0.3) is 0 Å². The molecule has 0 aliphatic rings. The van der Waals surface area contributed by atoms with Gasteiger partial charge in [-0.2, -0.15) is 0 Å². The fraction of sp³-hybridized carbons (Fsp3) is 0.630. The number of carbonyl (C=O) groups is 4. The summed E-state index contributed by atoms with van der Waals surface area (Å²) in [5.41, 5.74) is 0. The van der Waals surface area contributed by atoms with E-state index in [1.807, 2.05) is 35.6 Å². The van der Waals surface area contributed by atoms with Gasteiger partial charge < -0.3 is 34.3 Å². The molecule has 234 valence electrons. The van der Waals surface area contributed by atoms with Crippen molar-refractivity contribution in [3.8, 4) is 0 Å². The monoisotopic (exact) mass is 596 g/mol. The largest absolute Gasteiger partial charge is 0.463 e. The van der Waals surface area contributed by atoms with Crippen LogP contribution in [-0.4, -0.2) is 85.2 Å². The minimum atomic E-state index is -0.657. The van der Waals surface area contributed by atoms with E-state index >= 15 is 0 Å². The SMILES string of the molecule is CCCCOCC(COCCOC(=O)CC(=O)NCn1cc[n+](C)c1)OCCOC(=O)CC(=O)NCn1cc[n+](C)c1. The lowest BCUT2D eigenvalue weighted by Gasteiger charge is -2.18. The number of hydrogen-bond acceptors (Lipinski definition) is 9. The van der Waals surface area contributed by atoms with Gasteiger partial charge in [0.15, 0.2) is 13.3 Å². The standard InChI is InChI=1S/C27H42N6O9/c1-4-5-10-38-17-23(40-13-14-42-27(37)16-25(35)29-20-33-9-7-31(3)22-33)18-39-11-12-41-26(36)15-24(34)28-19-32-8-6-30(2)21-32/h6-9,21-23H,4-5,10-20H2,1-3H3/p+2. The molecule has 0 bridgehead atoms. The summed E-state index contributed by atoms with van der Waals surface area (Å²) in [7, 11) is 3.72. The van der Waals surface area contributed by atoms with Gasteiger partial charge in [-0.25, -0.2) is 18.3 Å². The number of amides is 2. The Morgan fingerprint density at radius 3 is 1.71 bits per heavy atom. The van der Waals surface area contributed by atoms with Gasteiger partial charge in [-0.3, -0.25) is 19.2 Å². The predicted molar refractivity (Wildman–Crippen MR) is 145 cm³/mol. The average molecular weight is 597 g/mol. The molecule has 42 heavy (non-hydrogen) atoms. The quantitative estimate of drug-likeness (QED) is 0.0743. The highest BCUT2D eigenvalue weighted by Crippen LogP contribution is 1.99. The third-order valence-electron chi connectivity index (χ3n) is 5.62. The molecule has 15 nitrogen and oxygen atoms in total. The van der Waals surface area contributed by atoms with Gasteiger partial charge in [-0.1, -0.05) is 13.3 Å². The Bertz CT molecular complexity index is 1100. The van der Waals surface area contributed by atoms with Crippen LogP contribution in [0.4, 0.5) is 0 Å². The van der Waals surface area contributed by atoms with Gasteiger partial charge >= 0.3 is 11.9 Å². The summed E-state index contributed by atoms with van der Waals surface area (Å²) in [6.45, 7) is 3.69. The van der Waals surface area contributed by atoms with Gasteiger partial charge in [-0.05, 0) is 6.42 Å². The van der Waals surface area contributed by atoms with E-state index in [4.69, 9.17) is 23.7 Å². The van der Waals surface area contributed by atoms with Crippen LogP contribution in [0.3, 0.4) is 0 Å². The summed E-state index contributed by atoms with van der Waals surface area (Å²) < 4.78 is 34.3. The van der Waals surface area contributed by atoms with Crippen molar-refractivity contribution < 1.29 is 52.0 Å². The molecular formula is C27H44N6O9+2. The van der Waals surface area contributed by atoms with E-state index in [2.05, 4.69) is 17.6 Å². The number of esters is 2. The van der Waals surface area contributed by atoms with Crippen molar-refractivity contribution in [2.75, 3.05) is 46.2 Å². The van der Waals surface area contributed by atoms with E-state index in [9.17, 15) is 19.2 Å². The number of nitrogens with zero attached hydrogens (tertiary/aromatic N) is 4. The Hall–Kier alpha value is -3.82. The first kappa shape index (κ1) is 34.4. The molecule has 1 unspecified atom stereocenters. The molecule has 0 aromatic carbocycles. The lowest BCUT2D eigenvalue weighted by atomic mass is 10.3. The van der Waals surface area contributed by atoms with Crippen molar-refractivity contribution in [2.24, 2.45) is 14.1 Å².